The zero-order valence-corrected chi connectivity index (χ0v) is 10.9. The van der Waals surface area contributed by atoms with E-state index in [9.17, 15) is 8.42 Å². The van der Waals surface area contributed by atoms with E-state index in [0.717, 1.165) is 5.56 Å². The number of nitrogens with two attached hydrogens (primary N) is 2. The molecule has 0 atom stereocenters. The smallest absolute Gasteiger partial charge is 0.299 e. The van der Waals surface area contributed by atoms with Gasteiger partial charge in [0.2, 0.25) is 0 Å². The van der Waals surface area contributed by atoms with Crippen LogP contribution in [0.25, 0.3) is 0 Å². The average Bonchev–Trinajstić information content (AvgIpc) is 2.41. The van der Waals surface area contributed by atoms with Crippen LogP contribution in [0.4, 0.5) is 11.4 Å². The predicted molar refractivity (Wildman–Crippen MR) is 73.7 cm³/mol. The van der Waals surface area contributed by atoms with Gasteiger partial charge in [-0.2, -0.15) is 8.42 Å². The van der Waals surface area contributed by atoms with Crippen LogP contribution in [0.2, 0.25) is 0 Å². The van der Waals surface area contributed by atoms with E-state index in [-0.39, 0.29) is 22.9 Å². The van der Waals surface area contributed by atoms with Crippen molar-refractivity contribution in [2.45, 2.75) is 11.5 Å². The molecular formula is C13H14N2O3S. The first-order valence-electron chi connectivity index (χ1n) is 5.58. The molecule has 0 radical (unpaired) electrons. The first kappa shape index (κ1) is 13.4. The quantitative estimate of drug-likeness (QED) is 0.656. The maximum absolute atomic E-state index is 12.0. The molecule has 19 heavy (non-hydrogen) atoms. The number of nitrogen functional groups attached to an aromatic ring is 2. The zero-order valence-electron chi connectivity index (χ0n) is 10.1. The number of hydrogen-bond donors (Lipinski definition) is 2. The van der Waals surface area contributed by atoms with Crippen LogP contribution in [0.3, 0.4) is 0 Å². The van der Waals surface area contributed by atoms with Crippen molar-refractivity contribution >= 4 is 21.5 Å². The second kappa shape index (κ2) is 5.29. The Balaban J connectivity index is 2.22. The van der Waals surface area contributed by atoms with Gasteiger partial charge in [-0.1, -0.05) is 36.4 Å². The molecule has 6 heteroatoms. The highest BCUT2D eigenvalue weighted by Gasteiger charge is 2.19. The third-order valence-electron chi connectivity index (χ3n) is 2.59. The van der Waals surface area contributed by atoms with Crippen LogP contribution in [0.1, 0.15) is 5.56 Å². The molecule has 2 rings (SSSR count). The molecule has 4 N–H and O–H groups in total. The Labute approximate surface area is 111 Å². The highest BCUT2D eigenvalue weighted by atomic mass is 32.2. The average molecular weight is 278 g/mol. The normalized spacial score (nSPS) is 11.4. The van der Waals surface area contributed by atoms with Gasteiger partial charge >= 0.3 is 0 Å². The summed E-state index contributed by atoms with van der Waals surface area (Å²) >= 11 is 0. The first-order valence-corrected chi connectivity index (χ1v) is 6.99. The summed E-state index contributed by atoms with van der Waals surface area (Å²) in [6.45, 7) is -0.0442. The van der Waals surface area contributed by atoms with Crippen LogP contribution < -0.4 is 11.5 Å². The Bertz CT molecular complexity index is 670. The van der Waals surface area contributed by atoms with Crippen molar-refractivity contribution in [2.24, 2.45) is 0 Å². The summed E-state index contributed by atoms with van der Waals surface area (Å²) in [6, 6.07) is 13.4. The minimum absolute atomic E-state index is 0.00978. The van der Waals surface area contributed by atoms with E-state index in [2.05, 4.69) is 0 Å². The molecule has 0 saturated heterocycles. The highest BCUT2D eigenvalue weighted by molar-refractivity contribution is 7.87. The summed E-state index contributed by atoms with van der Waals surface area (Å²) < 4.78 is 29.0. The van der Waals surface area contributed by atoms with Crippen LogP contribution in [0.15, 0.2) is 53.4 Å². The summed E-state index contributed by atoms with van der Waals surface area (Å²) in [7, 11) is -3.92. The molecule has 0 heterocycles. The molecule has 0 aliphatic carbocycles. The lowest BCUT2D eigenvalue weighted by molar-refractivity contribution is 0.308. The fourth-order valence-electron chi connectivity index (χ4n) is 1.56. The molecule has 100 valence electrons. The Hall–Kier alpha value is -2.05. The maximum Gasteiger partial charge on any atom is 0.299 e. The molecule has 0 amide bonds. The van der Waals surface area contributed by atoms with Gasteiger partial charge in [0.25, 0.3) is 10.1 Å². The third-order valence-corrected chi connectivity index (χ3v) is 3.92. The van der Waals surface area contributed by atoms with Gasteiger partial charge in [-0.3, -0.25) is 4.18 Å². The summed E-state index contributed by atoms with van der Waals surface area (Å²) in [6.07, 6.45) is 0. The van der Waals surface area contributed by atoms with E-state index in [1.54, 1.807) is 24.3 Å². The van der Waals surface area contributed by atoms with Crippen LogP contribution in [0.5, 0.6) is 0 Å². The molecule has 2 aromatic rings. The SMILES string of the molecule is Nc1cccc(S(=O)(=O)OCc2ccccc2)c1N. The zero-order chi connectivity index (χ0) is 13.9. The first-order chi connectivity index (χ1) is 9.00. The third kappa shape index (κ3) is 3.04. The molecule has 0 fully saturated rings. The summed E-state index contributed by atoms with van der Waals surface area (Å²) in [5.74, 6) is 0. The van der Waals surface area contributed by atoms with E-state index < -0.39 is 10.1 Å². The van der Waals surface area contributed by atoms with Crippen molar-refractivity contribution in [2.75, 3.05) is 11.5 Å². The fourth-order valence-corrected chi connectivity index (χ4v) is 2.61. The molecule has 0 aliphatic heterocycles. The van der Waals surface area contributed by atoms with Gasteiger partial charge in [0, 0.05) is 0 Å². The van der Waals surface area contributed by atoms with E-state index in [1.165, 1.54) is 18.2 Å². The van der Waals surface area contributed by atoms with E-state index in [1.807, 2.05) is 6.07 Å². The van der Waals surface area contributed by atoms with Gasteiger partial charge in [-0.15, -0.1) is 0 Å². The maximum atomic E-state index is 12.0. The van der Waals surface area contributed by atoms with Gasteiger partial charge in [0.15, 0.2) is 0 Å². The second-order valence-corrected chi connectivity index (χ2v) is 5.54. The topological polar surface area (TPSA) is 95.4 Å². The molecular weight excluding hydrogens is 264 g/mol. The lowest BCUT2D eigenvalue weighted by atomic mass is 10.2. The largest absolute Gasteiger partial charge is 0.397 e. The van der Waals surface area contributed by atoms with E-state index >= 15 is 0 Å². The summed E-state index contributed by atoms with van der Waals surface area (Å²) in [5.41, 5.74) is 12.2. The molecule has 2 aromatic carbocycles. The molecule has 0 spiro atoms. The van der Waals surface area contributed by atoms with E-state index in [0.29, 0.717) is 0 Å². The lowest BCUT2D eigenvalue weighted by Crippen LogP contribution is -2.10. The van der Waals surface area contributed by atoms with Crippen molar-refractivity contribution in [3.05, 3.63) is 54.1 Å². The van der Waals surface area contributed by atoms with Crippen LogP contribution in [-0.4, -0.2) is 8.42 Å². The van der Waals surface area contributed by atoms with E-state index in [4.69, 9.17) is 15.7 Å². The van der Waals surface area contributed by atoms with Gasteiger partial charge in [0.1, 0.15) is 4.90 Å². The minimum atomic E-state index is -3.92. The van der Waals surface area contributed by atoms with Crippen LogP contribution in [0, 0.1) is 0 Å². The van der Waals surface area contributed by atoms with Gasteiger partial charge in [-0.05, 0) is 17.7 Å². The molecule has 0 unspecified atom stereocenters. The number of anilines is 2. The van der Waals surface area contributed by atoms with Crippen molar-refractivity contribution in [1.82, 2.24) is 0 Å². The Morgan fingerprint density at radius 1 is 0.947 bits per heavy atom. The lowest BCUT2D eigenvalue weighted by Gasteiger charge is -2.09. The summed E-state index contributed by atoms with van der Waals surface area (Å²) in [5, 5.41) is 0. The molecule has 5 nitrogen and oxygen atoms in total. The Morgan fingerprint density at radius 2 is 1.63 bits per heavy atom. The molecule has 0 bridgehead atoms. The predicted octanol–water partition coefficient (Wildman–Crippen LogP) is 1.76. The second-order valence-electron chi connectivity index (χ2n) is 3.96. The minimum Gasteiger partial charge on any atom is -0.397 e. The van der Waals surface area contributed by atoms with Gasteiger partial charge < -0.3 is 11.5 Å². The number of hydrogen-bond acceptors (Lipinski definition) is 5. The van der Waals surface area contributed by atoms with Crippen LogP contribution in [-0.2, 0) is 20.9 Å². The highest BCUT2D eigenvalue weighted by Crippen LogP contribution is 2.26. The Morgan fingerprint density at radius 3 is 2.32 bits per heavy atom. The number of rotatable bonds is 4. The van der Waals surface area contributed by atoms with Gasteiger partial charge in [0.05, 0.1) is 18.0 Å². The monoisotopic (exact) mass is 278 g/mol. The molecule has 0 aliphatic rings. The Kier molecular flexibility index (Phi) is 3.73. The fraction of sp³-hybridized carbons (Fsp3) is 0.0769. The van der Waals surface area contributed by atoms with Crippen molar-refractivity contribution in [1.29, 1.82) is 0 Å². The number of benzene rings is 2. The van der Waals surface area contributed by atoms with Crippen molar-refractivity contribution < 1.29 is 12.6 Å². The van der Waals surface area contributed by atoms with Gasteiger partial charge in [-0.25, -0.2) is 0 Å². The number of para-hydroxylation sites is 1. The standard InChI is InChI=1S/C13H14N2O3S/c14-11-7-4-8-12(13(11)15)19(16,17)18-9-10-5-2-1-3-6-10/h1-8H,9,14-15H2. The van der Waals surface area contributed by atoms with Crippen molar-refractivity contribution in [3.8, 4) is 0 Å². The molecule has 0 saturated carbocycles. The molecule has 0 aromatic heterocycles. The van der Waals surface area contributed by atoms with Crippen LogP contribution >= 0.6 is 0 Å². The van der Waals surface area contributed by atoms with Crippen molar-refractivity contribution in [3.63, 3.8) is 0 Å². The summed E-state index contributed by atoms with van der Waals surface area (Å²) in [4.78, 5) is -0.108.